The molecule has 0 unspecified atom stereocenters. The molecule has 0 radical (unpaired) electrons. The summed E-state index contributed by atoms with van der Waals surface area (Å²) in [6.45, 7) is 3.71. The monoisotopic (exact) mass is 192 g/mol. The van der Waals surface area contributed by atoms with E-state index in [9.17, 15) is 4.79 Å². The van der Waals surface area contributed by atoms with E-state index in [1.165, 1.54) is 13.2 Å². The van der Waals surface area contributed by atoms with Crippen LogP contribution in [0.1, 0.15) is 26.7 Å². The van der Waals surface area contributed by atoms with Crippen molar-refractivity contribution in [3.63, 3.8) is 0 Å². The minimum atomic E-state index is -0.292. The molecule has 0 saturated heterocycles. The van der Waals surface area contributed by atoms with E-state index in [0.29, 0.717) is 0 Å². The number of esters is 1. The Morgan fingerprint density at radius 2 is 2.21 bits per heavy atom. The summed E-state index contributed by atoms with van der Waals surface area (Å²) in [4.78, 5) is 10.8. The Morgan fingerprint density at radius 3 is 2.79 bits per heavy atom. The third-order valence-corrected chi connectivity index (χ3v) is 1.62. The summed E-state index contributed by atoms with van der Waals surface area (Å²) in [6.07, 6.45) is 7.08. The Kier molecular flexibility index (Phi) is 7.26. The minimum absolute atomic E-state index is 0.292. The third kappa shape index (κ3) is 7.17. The molecule has 2 nitrogen and oxygen atoms in total. The van der Waals surface area contributed by atoms with Gasteiger partial charge in [0.15, 0.2) is 0 Å². The van der Waals surface area contributed by atoms with Gasteiger partial charge in [0.1, 0.15) is 0 Å². The molecule has 0 saturated carbocycles. The molecular weight excluding hydrogens is 176 g/mol. The number of carbonyl (C=O) groups is 1. The first-order chi connectivity index (χ1) is 6.70. The van der Waals surface area contributed by atoms with Crippen molar-refractivity contribution in [2.45, 2.75) is 26.7 Å². The molecule has 0 rings (SSSR count). The second kappa shape index (κ2) is 8.12. The molecule has 0 aliphatic rings. The lowest BCUT2D eigenvalue weighted by Crippen LogP contribution is -1.95. The van der Waals surface area contributed by atoms with E-state index in [0.717, 1.165) is 18.4 Å². The molecule has 14 heavy (non-hydrogen) atoms. The van der Waals surface area contributed by atoms with E-state index >= 15 is 0 Å². The fraction of sp³-hybridized carbons (Fsp3) is 0.417. The fourth-order valence-corrected chi connectivity index (χ4v) is 0.869. The summed E-state index contributed by atoms with van der Waals surface area (Å²) in [6, 6.07) is 0. The van der Waals surface area contributed by atoms with Gasteiger partial charge < -0.3 is 4.74 Å². The number of carbonyl (C=O) groups excluding carboxylic acids is 1. The van der Waals surface area contributed by atoms with E-state index in [-0.39, 0.29) is 5.97 Å². The number of rotatable bonds is 4. The Morgan fingerprint density at radius 1 is 1.50 bits per heavy atom. The van der Waals surface area contributed by atoms with Crippen molar-refractivity contribution >= 4 is 5.97 Å². The summed E-state index contributed by atoms with van der Waals surface area (Å²) >= 11 is 0. The van der Waals surface area contributed by atoms with Gasteiger partial charge in [-0.2, -0.15) is 0 Å². The van der Waals surface area contributed by atoms with Gasteiger partial charge in [0.05, 0.1) is 7.11 Å². The molecule has 0 N–H and O–H groups in total. The molecule has 2 heteroatoms. The van der Waals surface area contributed by atoms with Gasteiger partial charge in [-0.3, -0.25) is 0 Å². The van der Waals surface area contributed by atoms with Crippen LogP contribution in [0.25, 0.3) is 0 Å². The van der Waals surface area contributed by atoms with Crippen LogP contribution in [0.15, 0.2) is 23.8 Å². The molecule has 0 aromatic heterocycles. The maximum absolute atomic E-state index is 10.8. The van der Waals surface area contributed by atoms with Gasteiger partial charge in [-0.15, -0.1) is 5.92 Å². The van der Waals surface area contributed by atoms with Crippen LogP contribution in [0.4, 0.5) is 0 Å². The Balaban J connectivity index is 3.82. The van der Waals surface area contributed by atoms with Gasteiger partial charge >= 0.3 is 5.97 Å². The molecule has 76 valence electrons. The molecule has 0 aromatic rings. The maximum atomic E-state index is 10.8. The average Bonchev–Trinajstić information content (AvgIpc) is 2.17. The normalized spacial score (nSPS) is 10.9. The highest BCUT2D eigenvalue weighted by atomic mass is 16.5. The zero-order valence-corrected chi connectivity index (χ0v) is 8.96. The molecule has 0 spiro atoms. The molecule has 0 atom stereocenters. The number of hydrogen-bond donors (Lipinski definition) is 0. The average molecular weight is 192 g/mol. The van der Waals surface area contributed by atoms with E-state index in [1.54, 1.807) is 6.92 Å². The van der Waals surface area contributed by atoms with Crippen molar-refractivity contribution in [3.8, 4) is 11.8 Å². The van der Waals surface area contributed by atoms with Gasteiger partial charge in [0.25, 0.3) is 0 Å². The highest BCUT2D eigenvalue weighted by Gasteiger charge is 1.94. The molecular formula is C12H16O2. The smallest absolute Gasteiger partial charge is 0.330 e. The predicted molar refractivity (Wildman–Crippen MR) is 57.6 cm³/mol. The van der Waals surface area contributed by atoms with Crippen LogP contribution < -0.4 is 0 Å². The van der Waals surface area contributed by atoms with E-state index in [2.05, 4.69) is 16.6 Å². The van der Waals surface area contributed by atoms with Crippen molar-refractivity contribution in [2.24, 2.45) is 0 Å². The lowest BCUT2D eigenvalue weighted by Gasteiger charge is -1.96. The first-order valence-electron chi connectivity index (χ1n) is 4.53. The van der Waals surface area contributed by atoms with Gasteiger partial charge in [0, 0.05) is 6.08 Å². The van der Waals surface area contributed by atoms with E-state index < -0.39 is 0 Å². The molecule has 0 aromatic carbocycles. The van der Waals surface area contributed by atoms with Crippen molar-refractivity contribution in [1.29, 1.82) is 0 Å². The number of hydrogen-bond acceptors (Lipinski definition) is 2. The quantitative estimate of drug-likeness (QED) is 0.388. The number of methoxy groups -OCH3 is 1. The van der Waals surface area contributed by atoms with Gasteiger partial charge in [-0.05, 0) is 32.8 Å². The minimum Gasteiger partial charge on any atom is -0.466 e. The van der Waals surface area contributed by atoms with Gasteiger partial charge in [0.2, 0.25) is 0 Å². The lowest BCUT2D eigenvalue weighted by atomic mass is 10.1. The largest absolute Gasteiger partial charge is 0.466 e. The Hall–Kier alpha value is -1.49. The summed E-state index contributed by atoms with van der Waals surface area (Å²) in [5.74, 6) is 5.31. The number of allylic oxidation sites excluding steroid dienone is 3. The molecule has 0 aliphatic carbocycles. The number of ether oxygens (including phenoxy) is 1. The Bertz CT molecular complexity index is 287. The highest BCUT2D eigenvalue weighted by Crippen LogP contribution is 2.04. The van der Waals surface area contributed by atoms with E-state index in [4.69, 9.17) is 0 Å². The summed E-state index contributed by atoms with van der Waals surface area (Å²) in [5.41, 5.74) is 1.02. The van der Waals surface area contributed by atoms with Crippen molar-refractivity contribution in [3.05, 3.63) is 23.8 Å². The van der Waals surface area contributed by atoms with Crippen molar-refractivity contribution in [1.82, 2.24) is 0 Å². The lowest BCUT2D eigenvalue weighted by molar-refractivity contribution is -0.134. The second-order valence-electron chi connectivity index (χ2n) is 2.85. The van der Waals surface area contributed by atoms with Crippen LogP contribution in [0.3, 0.4) is 0 Å². The Labute approximate surface area is 85.6 Å². The zero-order chi connectivity index (χ0) is 10.8. The summed E-state index contributed by atoms with van der Waals surface area (Å²) < 4.78 is 4.51. The molecule has 0 amide bonds. The standard InChI is InChI=1S/C12H16O2/c1-4-5-6-7-8-9-11(2)10-12(13)14-3/h6-7,10H,8-9H2,1-3H3/b7-6+,11-10-. The molecule has 0 heterocycles. The van der Waals surface area contributed by atoms with Gasteiger partial charge in [-0.25, -0.2) is 4.79 Å². The predicted octanol–water partition coefficient (Wildman–Crippen LogP) is 2.47. The van der Waals surface area contributed by atoms with Crippen LogP contribution in [-0.4, -0.2) is 13.1 Å². The third-order valence-electron chi connectivity index (χ3n) is 1.62. The molecule has 0 aliphatic heterocycles. The second-order valence-corrected chi connectivity index (χ2v) is 2.85. The van der Waals surface area contributed by atoms with Gasteiger partial charge in [-0.1, -0.05) is 17.6 Å². The highest BCUT2D eigenvalue weighted by molar-refractivity contribution is 5.82. The maximum Gasteiger partial charge on any atom is 0.330 e. The summed E-state index contributed by atoms with van der Waals surface area (Å²) in [7, 11) is 1.38. The van der Waals surface area contributed by atoms with Crippen LogP contribution in [0.2, 0.25) is 0 Å². The van der Waals surface area contributed by atoms with E-state index in [1.807, 2.05) is 19.1 Å². The first-order valence-corrected chi connectivity index (χ1v) is 4.53. The fourth-order valence-electron chi connectivity index (χ4n) is 0.869. The van der Waals surface area contributed by atoms with Crippen LogP contribution in [0.5, 0.6) is 0 Å². The topological polar surface area (TPSA) is 26.3 Å². The van der Waals surface area contributed by atoms with Crippen LogP contribution in [0, 0.1) is 11.8 Å². The van der Waals surface area contributed by atoms with Crippen molar-refractivity contribution < 1.29 is 9.53 Å². The molecule has 0 fully saturated rings. The van der Waals surface area contributed by atoms with Crippen LogP contribution in [-0.2, 0) is 9.53 Å². The zero-order valence-electron chi connectivity index (χ0n) is 8.96. The summed E-state index contributed by atoms with van der Waals surface area (Å²) in [5, 5.41) is 0. The first kappa shape index (κ1) is 12.5. The molecule has 0 bridgehead atoms. The van der Waals surface area contributed by atoms with Crippen molar-refractivity contribution in [2.75, 3.05) is 7.11 Å². The SMILES string of the molecule is CC#C/C=C/CC/C(C)=C\C(=O)OC. The van der Waals surface area contributed by atoms with Crippen LogP contribution >= 0.6 is 0 Å².